The number of hydrogen-bond donors (Lipinski definition) is 3. The fourth-order valence-corrected chi connectivity index (χ4v) is 0.948. The van der Waals surface area contributed by atoms with Crippen LogP contribution in [0.25, 0.3) is 0 Å². The zero-order valence-corrected chi connectivity index (χ0v) is 7.80. The summed E-state index contributed by atoms with van der Waals surface area (Å²) in [5, 5.41) is 19.5. The van der Waals surface area contributed by atoms with Gasteiger partial charge in [0, 0.05) is 12.7 Å². The van der Waals surface area contributed by atoms with Crippen molar-refractivity contribution in [3.63, 3.8) is 0 Å². The lowest BCUT2D eigenvalue weighted by molar-refractivity contribution is 0.0696. The average Bonchev–Trinajstić information content (AvgIpc) is 2.26. The Morgan fingerprint density at radius 3 is 2.80 bits per heavy atom. The van der Waals surface area contributed by atoms with E-state index in [1.54, 1.807) is 0 Å². The molecule has 3 N–H and O–H groups in total. The molecule has 0 saturated carbocycles. The average molecular weight is 210 g/mol. The predicted octanol–water partition coefficient (Wildman–Crippen LogP) is -0.498. The van der Waals surface area contributed by atoms with E-state index >= 15 is 0 Å². The van der Waals surface area contributed by atoms with E-state index in [1.807, 2.05) is 0 Å². The van der Waals surface area contributed by atoms with Gasteiger partial charge in [0.15, 0.2) is 0 Å². The van der Waals surface area contributed by atoms with Crippen molar-refractivity contribution in [2.45, 2.75) is 0 Å². The number of rotatable bonds is 4. The minimum absolute atomic E-state index is 0.000788. The molecule has 0 unspecified atom stereocenters. The Labute approximate surface area is 85.6 Å². The van der Waals surface area contributed by atoms with E-state index in [-0.39, 0.29) is 24.4 Å². The number of hydrogen-bond acceptors (Lipinski definition) is 4. The number of aromatic carboxylic acids is 1. The van der Waals surface area contributed by atoms with Crippen LogP contribution in [0.15, 0.2) is 18.3 Å². The summed E-state index contributed by atoms with van der Waals surface area (Å²) >= 11 is 0. The van der Waals surface area contributed by atoms with Crippen LogP contribution in [0.4, 0.5) is 0 Å². The number of carboxylic acids is 1. The SMILES string of the molecule is O=C(O)c1ccnc(C(=O)NCCO)c1. The van der Waals surface area contributed by atoms with Crippen molar-refractivity contribution >= 4 is 11.9 Å². The number of carboxylic acid groups (broad SMARTS) is 1. The Bertz CT molecular complexity index is 378. The molecule has 1 rings (SSSR count). The number of aliphatic hydroxyl groups excluding tert-OH is 1. The first-order valence-corrected chi connectivity index (χ1v) is 4.23. The van der Waals surface area contributed by atoms with Gasteiger partial charge in [-0.2, -0.15) is 0 Å². The van der Waals surface area contributed by atoms with Crippen molar-refractivity contribution in [3.8, 4) is 0 Å². The summed E-state index contributed by atoms with van der Waals surface area (Å²) in [6.45, 7) is -0.0673. The van der Waals surface area contributed by atoms with Crippen molar-refractivity contribution in [2.75, 3.05) is 13.2 Å². The van der Waals surface area contributed by atoms with Crippen molar-refractivity contribution in [1.82, 2.24) is 10.3 Å². The Morgan fingerprint density at radius 2 is 2.20 bits per heavy atom. The minimum atomic E-state index is -1.12. The number of carbonyl (C=O) groups is 2. The second kappa shape index (κ2) is 5.06. The summed E-state index contributed by atoms with van der Waals surface area (Å²) in [5.41, 5.74) is 0.0162. The highest BCUT2D eigenvalue weighted by Crippen LogP contribution is 2.01. The summed E-state index contributed by atoms with van der Waals surface area (Å²) in [6.07, 6.45) is 1.25. The molecule has 15 heavy (non-hydrogen) atoms. The van der Waals surface area contributed by atoms with Crippen LogP contribution in [-0.2, 0) is 0 Å². The molecule has 0 aliphatic rings. The van der Waals surface area contributed by atoms with Gasteiger partial charge in [-0.05, 0) is 12.1 Å². The predicted molar refractivity (Wildman–Crippen MR) is 50.6 cm³/mol. The smallest absolute Gasteiger partial charge is 0.335 e. The molecule has 1 aromatic heterocycles. The van der Waals surface area contributed by atoms with Gasteiger partial charge in [-0.15, -0.1) is 0 Å². The summed E-state index contributed by atoms with van der Waals surface area (Å²) in [6, 6.07) is 2.47. The molecular weight excluding hydrogens is 200 g/mol. The Balaban J connectivity index is 2.81. The molecule has 0 saturated heterocycles. The Hall–Kier alpha value is -1.95. The van der Waals surface area contributed by atoms with Gasteiger partial charge in [-0.1, -0.05) is 0 Å². The molecule has 1 aromatic rings. The summed E-state index contributed by atoms with van der Waals surface area (Å²) in [4.78, 5) is 25.6. The number of carbonyl (C=O) groups excluding carboxylic acids is 1. The molecule has 0 aromatic carbocycles. The van der Waals surface area contributed by atoms with Crippen LogP contribution in [0.5, 0.6) is 0 Å². The fourth-order valence-electron chi connectivity index (χ4n) is 0.948. The second-order valence-corrected chi connectivity index (χ2v) is 2.71. The number of aliphatic hydroxyl groups is 1. The molecule has 0 spiro atoms. The van der Waals surface area contributed by atoms with Gasteiger partial charge in [-0.25, -0.2) is 4.79 Å². The van der Waals surface area contributed by atoms with Crippen LogP contribution in [-0.4, -0.2) is 40.2 Å². The largest absolute Gasteiger partial charge is 0.478 e. The van der Waals surface area contributed by atoms with Gasteiger partial charge in [0.1, 0.15) is 5.69 Å². The van der Waals surface area contributed by atoms with Gasteiger partial charge in [-0.3, -0.25) is 9.78 Å². The van der Waals surface area contributed by atoms with Gasteiger partial charge in [0.05, 0.1) is 12.2 Å². The van der Waals surface area contributed by atoms with Gasteiger partial charge >= 0.3 is 5.97 Å². The number of nitrogens with one attached hydrogen (secondary N) is 1. The third-order valence-electron chi connectivity index (χ3n) is 1.64. The standard InChI is InChI=1S/C9H10N2O4/c12-4-3-11-8(13)7-5-6(9(14)15)1-2-10-7/h1-2,5,12H,3-4H2,(H,11,13)(H,14,15). The molecule has 0 atom stereocenters. The molecule has 6 heteroatoms. The third kappa shape index (κ3) is 3.03. The summed E-state index contributed by atoms with van der Waals surface area (Å²) in [7, 11) is 0. The molecule has 0 aliphatic carbocycles. The number of nitrogens with zero attached hydrogens (tertiary/aromatic N) is 1. The highest BCUT2D eigenvalue weighted by Gasteiger charge is 2.09. The lowest BCUT2D eigenvalue weighted by Gasteiger charge is -2.02. The highest BCUT2D eigenvalue weighted by molar-refractivity contribution is 5.95. The zero-order valence-electron chi connectivity index (χ0n) is 7.80. The van der Waals surface area contributed by atoms with Crippen LogP contribution in [0.2, 0.25) is 0 Å². The van der Waals surface area contributed by atoms with E-state index in [2.05, 4.69) is 10.3 Å². The highest BCUT2D eigenvalue weighted by atomic mass is 16.4. The van der Waals surface area contributed by atoms with E-state index in [0.29, 0.717) is 0 Å². The maximum Gasteiger partial charge on any atom is 0.335 e. The lowest BCUT2D eigenvalue weighted by Crippen LogP contribution is -2.27. The van der Waals surface area contributed by atoms with Crippen LogP contribution in [0.3, 0.4) is 0 Å². The van der Waals surface area contributed by atoms with Crippen molar-refractivity contribution in [1.29, 1.82) is 0 Å². The topological polar surface area (TPSA) is 99.5 Å². The van der Waals surface area contributed by atoms with Crippen molar-refractivity contribution in [2.24, 2.45) is 0 Å². The van der Waals surface area contributed by atoms with Gasteiger partial charge in [0.25, 0.3) is 5.91 Å². The quantitative estimate of drug-likeness (QED) is 0.622. The molecule has 80 valence electrons. The molecule has 6 nitrogen and oxygen atoms in total. The number of aromatic nitrogens is 1. The first kappa shape index (κ1) is 11.1. The zero-order chi connectivity index (χ0) is 11.3. The van der Waals surface area contributed by atoms with E-state index < -0.39 is 11.9 Å². The van der Waals surface area contributed by atoms with Crippen molar-refractivity contribution in [3.05, 3.63) is 29.6 Å². The summed E-state index contributed by atoms with van der Waals surface area (Å²) in [5.74, 6) is -1.62. The van der Waals surface area contributed by atoms with E-state index in [1.165, 1.54) is 18.3 Å². The third-order valence-corrected chi connectivity index (χ3v) is 1.64. The first-order valence-electron chi connectivity index (χ1n) is 4.23. The number of amides is 1. The van der Waals surface area contributed by atoms with E-state index in [0.717, 1.165) is 0 Å². The molecule has 1 heterocycles. The molecule has 0 bridgehead atoms. The molecule has 0 fully saturated rings. The second-order valence-electron chi connectivity index (χ2n) is 2.71. The van der Waals surface area contributed by atoms with Crippen LogP contribution < -0.4 is 5.32 Å². The van der Waals surface area contributed by atoms with E-state index in [4.69, 9.17) is 10.2 Å². The normalized spacial score (nSPS) is 9.67. The first-order chi connectivity index (χ1) is 7.15. The van der Waals surface area contributed by atoms with E-state index in [9.17, 15) is 9.59 Å². The lowest BCUT2D eigenvalue weighted by atomic mass is 10.2. The molecular formula is C9H10N2O4. The maximum absolute atomic E-state index is 11.3. The maximum atomic E-state index is 11.3. The molecule has 1 amide bonds. The summed E-state index contributed by atoms with van der Waals surface area (Å²) < 4.78 is 0. The fraction of sp³-hybridized carbons (Fsp3) is 0.222. The Kier molecular flexibility index (Phi) is 3.75. The van der Waals surface area contributed by atoms with Gasteiger partial charge < -0.3 is 15.5 Å². The van der Waals surface area contributed by atoms with Crippen molar-refractivity contribution < 1.29 is 19.8 Å². The van der Waals surface area contributed by atoms with Crippen LogP contribution in [0, 0.1) is 0 Å². The van der Waals surface area contributed by atoms with Crippen LogP contribution in [0.1, 0.15) is 20.8 Å². The minimum Gasteiger partial charge on any atom is -0.478 e. The number of pyridine rings is 1. The monoisotopic (exact) mass is 210 g/mol. The Morgan fingerprint density at radius 1 is 1.47 bits per heavy atom. The molecule has 0 aliphatic heterocycles. The van der Waals surface area contributed by atoms with Crippen LogP contribution >= 0.6 is 0 Å². The van der Waals surface area contributed by atoms with Gasteiger partial charge in [0.2, 0.25) is 0 Å². The molecule has 0 radical (unpaired) electrons.